The first-order valence-electron chi connectivity index (χ1n) is 7.39. The summed E-state index contributed by atoms with van der Waals surface area (Å²) in [4.78, 5) is 11.8. The molecule has 0 unspecified atom stereocenters. The third-order valence-corrected chi connectivity index (χ3v) is 3.61. The summed E-state index contributed by atoms with van der Waals surface area (Å²) in [6.07, 6.45) is 3.82. The molecule has 0 radical (unpaired) electrons. The SMILES string of the molecule is N#Cc1cnn(-c2ccc(NC(=O)COCC3CC3)cc2)c1N. The summed E-state index contributed by atoms with van der Waals surface area (Å²) in [6.45, 7) is 0.724. The highest BCUT2D eigenvalue weighted by atomic mass is 16.5. The lowest BCUT2D eigenvalue weighted by Crippen LogP contribution is -2.19. The molecule has 7 heteroatoms. The maximum Gasteiger partial charge on any atom is 0.250 e. The van der Waals surface area contributed by atoms with Gasteiger partial charge in [0, 0.05) is 5.69 Å². The van der Waals surface area contributed by atoms with Crippen molar-refractivity contribution in [1.29, 1.82) is 5.26 Å². The molecule has 23 heavy (non-hydrogen) atoms. The maximum atomic E-state index is 11.8. The van der Waals surface area contributed by atoms with Crippen LogP contribution in [0.25, 0.3) is 5.69 Å². The summed E-state index contributed by atoms with van der Waals surface area (Å²) in [5.74, 6) is 0.751. The Kier molecular flexibility index (Phi) is 4.26. The zero-order chi connectivity index (χ0) is 16.2. The van der Waals surface area contributed by atoms with Crippen LogP contribution in [0.15, 0.2) is 30.5 Å². The van der Waals surface area contributed by atoms with E-state index in [1.54, 1.807) is 24.3 Å². The number of rotatable bonds is 6. The number of hydrogen-bond acceptors (Lipinski definition) is 5. The smallest absolute Gasteiger partial charge is 0.250 e. The molecule has 3 N–H and O–H groups in total. The number of nitrogens with one attached hydrogen (secondary N) is 1. The zero-order valence-corrected chi connectivity index (χ0v) is 12.5. The molecule has 0 spiro atoms. The summed E-state index contributed by atoms with van der Waals surface area (Å²) in [5.41, 5.74) is 7.55. The van der Waals surface area contributed by atoms with Gasteiger partial charge in [-0.15, -0.1) is 0 Å². The molecular formula is C16H17N5O2. The molecule has 1 aromatic carbocycles. The molecule has 1 amide bonds. The van der Waals surface area contributed by atoms with Crippen molar-refractivity contribution in [3.8, 4) is 11.8 Å². The van der Waals surface area contributed by atoms with E-state index in [1.165, 1.54) is 23.7 Å². The van der Waals surface area contributed by atoms with Crippen molar-refractivity contribution in [2.45, 2.75) is 12.8 Å². The summed E-state index contributed by atoms with van der Waals surface area (Å²) >= 11 is 0. The Morgan fingerprint density at radius 3 is 2.78 bits per heavy atom. The molecule has 0 bridgehead atoms. The molecule has 1 aromatic heterocycles. The van der Waals surface area contributed by atoms with Gasteiger partial charge in [0.25, 0.3) is 0 Å². The van der Waals surface area contributed by atoms with Crippen molar-refractivity contribution in [1.82, 2.24) is 9.78 Å². The van der Waals surface area contributed by atoms with E-state index in [1.807, 2.05) is 6.07 Å². The highest BCUT2D eigenvalue weighted by Crippen LogP contribution is 2.28. The monoisotopic (exact) mass is 311 g/mol. The van der Waals surface area contributed by atoms with Crippen LogP contribution in [-0.4, -0.2) is 28.9 Å². The van der Waals surface area contributed by atoms with Crippen molar-refractivity contribution in [3.63, 3.8) is 0 Å². The van der Waals surface area contributed by atoms with E-state index in [0.717, 1.165) is 0 Å². The minimum atomic E-state index is -0.177. The number of amides is 1. The largest absolute Gasteiger partial charge is 0.382 e. The first kappa shape index (κ1) is 15.1. The lowest BCUT2D eigenvalue weighted by atomic mass is 10.2. The van der Waals surface area contributed by atoms with Crippen LogP contribution in [0.3, 0.4) is 0 Å². The van der Waals surface area contributed by atoms with Gasteiger partial charge in [-0.05, 0) is 43.0 Å². The van der Waals surface area contributed by atoms with E-state index in [9.17, 15) is 4.79 Å². The number of nitrogens with zero attached hydrogens (tertiary/aromatic N) is 3. The lowest BCUT2D eigenvalue weighted by Gasteiger charge is -2.08. The Balaban J connectivity index is 1.59. The topological polar surface area (TPSA) is 106 Å². The highest BCUT2D eigenvalue weighted by molar-refractivity contribution is 5.91. The summed E-state index contributed by atoms with van der Waals surface area (Å²) in [7, 11) is 0. The van der Waals surface area contributed by atoms with Gasteiger partial charge < -0.3 is 15.8 Å². The highest BCUT2D eigenvalue weighted by Gasteiger charge is 2.21. The van der Waals surface area contributed by atoms with Gasteiger partial charge in [-0.3, -0.25) is 4.79 Å². The second kappa shape index (κ2) is 6.50. The standard InChI is InChI=1S/C16H17N5O2/c17-7-12-8-19-21(16(12)18)14-5-3-13(4-6-14)20-15(22)10-23-9-11-1-2-11/h3-6,8,11H,1-2,9-10,18H2,(H,20,22). The number of anilines is 2. The average molecular weight is 311 g/mol. The van der Waals surface area contributed by atoms with Crippen LogP contribution in [0.1, 0.15) is 18.4 Å². The number of hydrogen-bond donors (Lipinski definition) is 2. The van der Waals surface area contributed by atoms with Gasteiger partial charge in [0.05, 0.1) is 18.5 Å². The minimum absolute atomic E-state index is 0.0654. The summed E-state index contributed by atoms with van der Waals surface area (Å²) < 4.78 is 6.82. The van der Waals surface area contributed by atoms with Gasteiger partial charge in [0.2, 0.25) is 5.91 Å². The van der Waals surface area contributed by atoms with Gasteiger partial charge in [0.1, 0.15) is 24.1 Å². The van der Waals surface area contributed by atoms with E-state index in [2.05, 4.69) is 10.4 Å². The quantitative estimate of drug-likeness (QED) is 0.844. The maximum absolute atomic E-state index is 11.8. The molecular weight excluding hydrogens is 294 g/mol. The van der Waals surface area contributed by atoms with Crippen LogP contribution in [-0.2, 0) is 9.53 Å². The van der Waals surface area contributed by atoms with Crippen LogP contribution in [0.5, 0.6) is 0 Å². The predicted octanol–water partition coefficient (Wildman–Crippen LogP) is 1.69. The minimum Gasteiger partial charge on any atom is -0.382 e. The summed E-state index contributed by atoms with van der Waals surface area (Å²) in [6, 6.07) is 9.02. The molecule has 7 nitrogen and oxygen atoms in total. The van der Waals surface area contributed by atoms with E-state index >= 15 is 0 Å². The second-order valence-electron chi connectivity index (χ2n) is 5.52. The number of carbonyl (C=O) groups excluding carboxylic acids is 1. The normalized spacial score (nSPS) is 13.5. The van der Waals surface area contributed by atoms with Crippen molar-refractivity contribution >= 4 is 17.4 Å². The second-order valence-corrected chi connectivity index (χ2v) is 5.52. The van der Waals surface area contributed by atoms with E-state index in [4.69, 9.17) is 15.7 Å². The Bertz CT molecular complexity index is 741. The predicted molar refractivity (Wildman–Crippen MR) is 84.9 cm³/mol. The third kappa shape index (κ3) is 3.67. The molecule has 1 aliphatic rings. The van der Waals surface area contributed by atoms with Gasteiger partial charge >= 0.3 is 0 Å². The Hall–Kier alpha value is -2.85. The molecule has 1 fully saturated rings. The third-order valence-electron chi connectivity index (χ3n) is 3.61. The number of aromatic nitrogens is 2. The molecule has 0 aliphatic heterocycles. The Morgan fingerprint density at radius 2 is 2.17 bits per heavy atom. The number of nitrogen functional groups attached to an aromatic ring is 1. The van der Waals surface area contributed by atoms with E-state index in [-0.39, 0.29) is 18.3 Å². The fraction of sp³-hybridized carbons (Fsp3) is 0.312. The fourth-order valence-electron chi connectivity index (χ4n) is 2.14. The van der Waals surface area contributed by atoms with Crippen molar-refractivity contribution in [2.24, 2.45) is 5.92 Å². The molecule has 3 rings (SSSR count). The van der Waals surface area contributed by atoms with Crippen molar-refractivity contribution in [3.05, 3.63) is 36.0 Å². The van der Waals surface area contributed by atoms with Crippen LogP contribution in [0, 0.1) is 17.2 Å². The van der Waals surface area contributed by atoms with Crippen LogP contribution >= 0.6 is 0 Å². The van der Waals surface area contributed by atoms with Gasteiger partial charge in [-0.1, -0.05) is 0 Å². The molecule has 0 saturated heterocycles. The van der Waals surface area contributed by atoms with Gasteiger partial charge in [-0.2, -0.15) is 10.4 Å². The lowest BCUT2D eigenvalue weighted by molar-refractivity contribution is -0.120. The molecule has 1 heterocycles. The number of carbonyl (C=O) groups is 1. The van der Waals surface area contributed by atoms with Crippen LogP contribution in [0.4, 0.5) is 11.5 Å². The molecule has 2 aromatic rings. The first-order valence-corrected chi connectivity index (χ1v) is 7.39. The van der Waals surface area contributed by atoms with Crippen LogP contribution in [0.2, 0.25) is 0 Å². The number of benzene rings is 1. The number of ether oxygens (including phenoxy) is 1. The van der Waals surface area contributed by atoms with E-state index < -0.39 is 0 Å². The number of nitriles is 1. The Labute approximate surface area is 133 Å². The van der Waals surface area contributed by atoms with Gasteiger partial charge in [0.15, 0.2) is 0 Å². The van der Waals surface area contributed by atoms with Crippen molar-refractivity contribution in [2.75, 3.05) is 24.3 Å². The molecule has 1 saturated carbocycles. The van der Waals surface area contributed by atoms with Gasteiger partial charge in [-0.25, -0.2) is 4.68 Å². The van der Waals surface area contributed by atoms with Crippen molar-refractivity contribution < 1.29 is 9.53 Å². The average Bonchev–Trinajstić information content (AvgIpc) is 3.29. The van der Waals surface area contributed by atoms with E-state index in [0.29, 0.717) is 29.5 Å². The number of nitrogens with two attached hydrogens (primary N) is 1. The first-order chi connectivity index (χ1) is 11.2. The fourth-order valence-corrected chi connectivity index (χ4v) is 2.14. The van der Waals surface area contributed by atoms with Crippen LogP contribution < -0.4 is 11.1 Å². The summed E-state index contributed by atoms with van der Waals surface area (Å²) in [5, 5.41) is 15.7. The Morgan fingerprint density at radius 1 is 1.43 bits per heavy atom. The zero-order valence-electron chi connectivity index (χ0n) is 12.5. The molecule has 118 valence electrons. The molecule has 1 aliphatic carbocycles. The molecule has 0 atom stereocenters.